The lowest BCUT2D eigenvalue weighted by molar-refractivity contribution is -0.133. The van der Waals surface area contributed by atoms with Crippen molar-refractivity contribution in [3.05, 3.63) is 0 Å². The first-order chi connectivity index (χ1) is 4.44. The minimum atomic E-state index is -1.11. The van der Waals surface area contributed by atoms with Crippen LogP contribution in [0.25, 0.3) is 0 Å². The second kappa shape index (κ2) is 2.12. The fourth-order valence-electron chi connectivity index (χ4n) is 1.15. The maximum absolute atomic E-state index is 10.9. The first-order valence-electron chi connectivity index (χ1n) is 3.35. The van der Waals surface area contributed by atoms with E-state index in [4.69, 9.17) is 23.2 Å². The van der Waals surface area contributed by atoms with Gasteiger partial charge in [-0.15, -0.1) is 0 Å². The van der Waals surface area contributed by atoms with Crippen LogP contribution in [0, 0.1) is 5.41 Å². The standard InChI is InChI=1S/C7H10Cl2O/c1-3-6(2)4-5(10)7(6,8)9/h3-4H2,1-2H3. The summed E-state index contributed by atoms with van der Waals surface area (Å²) >= 11 is 11.6. The average molecular weight is 181 g/mol. The van der Waals surface area contributed by atoms with E-state index in [2.05, 4.69) is 0 Å². The summed E-state index contributed by atoms with van der Waals surface area (Å²) in [6.45, 7) is 3.93. The number of carbonyl (C=O) groups is 1. The molecule has 0 bridgehead atoms. The molecule has 0 aromatic heterocycles. The molecule has 0 saturated heterocycles. The predicted molar refractivity (Wildman–Crippen MR) is 42.5 cm³/mol. The molecular weight excluding hydrogens is 171 g/mol. The van der Waals surface area contributed by atoms with Crippen LogP contribution in [-0.2, 0) is 4.79 Å². The Bertz CT molecular complexity index is 176. The zero-order valence-electron chi connectivity index (χ0n) is 6.08. The van der Waals surface area contributed by atoms with Gasteiger partial charge in [-0.1, -0.05) is 37.0 Å². The molecule has 0 heterocycles. The molecule has 0 spiro atoms. The zero-order valence-corrected chi connectivity index (χ0v) is 7.59. The molecule has 3 heteroatoms. The minimum Gasteiger partial charge on any atom is -0.296 e. The van der Waals surface area contributed by atoms with Gasteiger partial charge >= 0.3 is 0 Å². The Morgan fingerprint density at radius 2 is 2.10 bits per heavy atom. The van der Waals surface area contributed by atoms with Gasteiger partial charge in [-0.2, -0.15) is 0 Å². The van der Waals surface area contributed by atoms with Crippen LogP contribution >= 0.6 is 23.2 Å². The first-order valence-corrected chi connectivity index (χ1v) is 4.11. The van der Waals surface area contributed by atoms with Crippen molar-refractivity contribution in [1.29, 1.82) is 0 Å². The van der Waals surface area contributed by atoms with Crippen LogP contribution in [-0.4, -0.2) is 10.1 Å². The van der Waals surface area contributed by atoms with Gasteiger partial charge < -0.3 is 0 Å². The van der Waals surface area contributed by atoms with Crippen LogP contribution in [0.5, 0.6) is 0 Å². The van der Waals surface area contributed by atoms with E-state index in [1.54, 1.807) is 0 Å². The maximum atomic E-state index is 10.9. The highest BCUT2D eigenvalue weighted by atomic mass is 35.5. The molecule has 1 rings (SSSR count). The molecule has 1 nitrogen and oxygen atoms in total. The SMILES string of the molecule is CCC1(C)CC(=O)C1(Cl)Cl. The number of hydrogen-bond acceptors (Lipinski definition) is 1. The molecule has 58 valence electrons. The van der Waals surface area contributed by atoms with Crippen LogP contribution in [0.15, 0.2) is 0 Å². The number of alkyl halides is 2. The number of carbonyl (C=O) groups excluding carboxylic acids is 1. The van der Waals surface area contributed by atoms with Crippen LogP contribution in [0.4, 0.5) is 0 Å². The summed E-state index contributed by atoms with van der Waals surface area (Å²) in [5, 5.41) is 0. The molecular formula is C7H10Cl2O. The fourth-order valence-corrected chi connectivity index (χ4v) is 1.69. The monoisotopic (exact) mass is 180 g/mol. The summed E-state index contributed by atoms with van der Waals surface area (Å²) < 4.78 is -1.11. The van der Waals surface area contributed by atoms with E-state index in [0.29, 0.717) is 6.42 Å². The van der Waals surface area contributed by atoms with Gasteiger partial charge in [0.15, 0.2) is 10.1 Å². The molecule has 0 N–H and O–H groups in total. The highest BCUT2D eigenvalue weighted by Gasteiger charge is 2.60. The quantitative estimate of drug-likeness (QED) is 0.568. The van der Waals surface area contributed by atoms with Gasteiger partial charge in [0.1, 0.15) is 0 Å². The van der Waals surface area contributed by atoms with Crippen LogP contribution in [0.3, 0.4) is 0 Å². The molecule has 0 amide bonds. The van der Waals surface area contributed by atoms with Crippen LogP contribution < -0.4 is 0 Å². The van der Waals surface area contributed by atoms with E-state index in [1.807, 2.05) is 13.8 Å². The van der Waals surface area contributed by atoms with Crippen molar-refractivity contribution in [2.24, 2.45) is 5.41 Å². The Balaban J connectivity index is 2.80. The molecule has 10 heavy (non-hydrogen) atoms. The fraction of sp³-hybridized carbons (Fsp3) is 0.857. The van der Waals surface area contributed by atoms with Crippen molar-refractivity contribution in [1.82, 2.24) is 0 Å². The van der Waals surface area contributed by atoms with Gasteiger partial charge in [-0.25, -0.2) is 0 Å². The van der Waals surface area contributed by atoms with Gasteiger partial charge in [0.25, 0.3) is 0 Å². The number of hydrogen-bond donors (Lipinski definition) is 0. The first kappa shape index (κ1) is 8.35. The van der Waals surface area contributed by atoms with Gasteiger partial charge in [-0.3, -0.25) is 4.79 Å². The topological polar surface area (TPSA) is 17.1 Å². The summed E-state index contributed by atoms with van der Waals surface area (Å²) in [5.41, 5.74) is -0.187. The van der Waals surface area contributed by atoms with Gasteiger partial charge in [0.2, 0.25) is 0 Å². The summed E-state index contributed by atoms with van der Waals surface area (Å²) in [4.78, 5) is 10.9. The lowest BCUT2D eigenvalue weighted by Crippen LogP contribution is -2.55. The van der Waals surface area contributed by atoms with Crippen molar-refractivity contribution < 1.29 is 4.79 Å². The highest BCUT2D eigenvalue weighted by Crippen LogP contribution is 2.56. The zero-order chi connectivity index (χ0) is 7.99. The molecule has 0 radical (unpaired) electrons. The lowest BCUT2D eigenvalue weighted by atomic mass is 9.66. The third-order valence-electron chi connectivity index (χ3n) is 2.44. The Labute approximate surface area is 70.7 Å². The molecule has 0 aromatic carbocycles. The molecule has 1 aliphatic carbocycles. The summed E-state index contributed by atoms with van der Waals surface area (Å²) in [6.07, 6.45) is 1.38. The molecule has 0 aliphatic heterocycles. The van der Waals surface area contributed by atoms with E-state index in [9.17, 15) is 4.79 Å². The third kappa shape index (κ3) is 0.802. The van der Waals surface area contributed by atoms with Crippen molar-refractivity contribution in [3.63, 3.8) is 0 Å². The van der Waals surface area contributed by atoms with Gasteiger partial charge in [0, 0.05) is 11.8 Å². The highest BCUT2D eigenvalue weighted by molar-refractivity contribution is 6.61. The second-order valence-electron chi connectivity index (χ2n) is 3.09. The average Bonchev–Trinajstić information content (AvgIpc) is 1.88. The number of rotatable bonds is 1. The third-order valence-corrected chi connectivity index (χ3v) is 3.77. The summed E-state index contributed by atoms with van der Waals surface area (Å²) in [6, 6.07) is 0. The van der Waals surface area contributed by atoms with E-state index in [-0.39, 0.29) is 11.2 Å². The van der Waals surface area contributed by atoms with E-state index < -0.39 is 4.33 Å². The second-order valence-corrected chi connectivity index (χ2v) is 4.42. The summed E-state index contributed by atoms with van der Waals surface area (Å²) in [7, 11) is 0. The van der Waals surface area contributed by atoms with Gasteiger partial charge in [-0.05, 0) is 6.42 Å². The van der Waals surface area contributed by atoms with E-state index >= 15 is 0 Å². The summed E-state index contributed by atoms with van der Waals surface area (Å²) in [5.74, 6) is -0.0415. The van der Waals surface area contributed by atoms with Crippen molar-refractivity contribution >= 4 is 29.0 Å². The van der Waals surface area contributed by atoms with Crippen molar-refractivity contribution in [2.75, 3.05) is 0 Å². The normalized spacial score (nSPS) is 37.4. The Morgan fingerprint density at radius 1 is 1.60 bits per heavy atom. The smallest absolute Gasteiger partial charge is 0.181 e. The maximum Gasteiger partial charge on any atom is 0.181 e. The van der Waals surface area contributed by atoms with E-state index in [0.717, 1.165) is 6.42 Å². The predicted octanol–water partition coefficient (Wildman–Crippen LogP) is 2.55. The molecule has 1 fully saturated rings. The molecule has 1 saturated carbocycles. The molecule has 1 atom stereocenters. The van der Waals surface area contributed by atoms with Crippen molar-refractivity contribution in [3.8, 4) is 0 Å². The van der Waals surface area contributed by atoms with Crippen molar-refractivity contribution in [2.45, 2.75) is 31.0 Å². The van der Waals surface area contributed by atoms with Gasteiger partial charge in [0.05, 0.1) is 0 Å². The van der Waals surface area contributed by atoms with Crippen LogP contribution in [0.2, 0.25) is 0 Å². The number of ketones is 1. The largest absolute Gasteiger partial charge is 0.296 e. The minimum absolute atomic E-state index is 0.0415. The Kier molecular flexibility index (Phi) is 1.77. The molecule has 1 unspecified atom stereocenters. The Hall–Kier alpha value is 0.250. The van der Waals surface area contributed by atoms with E-state index in [1.165, 1.54) is 0 Å². The number of halogens is 2. The number of Topliss-reactive ketones (excluding diaryl/α,β-unsaturated/α-hetero) is 1. The lowest BCUT2D eigenvalue weighted by Gasteiger charge is -2.47. The van der Waals surface area contributed by atoms with Crippen LogP contribution in [0.1, 0.15) is 26.7 Å². The molecule has 0 aromatic rings. The Morgan fingerprint density at radius 3 is 2.20 bits per heavy atom. The molecule has 1 aliphatic rings.